The van der Waals surface area contributed by atoms with Crippen molar-refractivity contribution >= 4 is 34.3 Å². The molecule has 0 fully saturated rings. The van der Waals surface area contributed by atoms with Crippen LogP contribution in [0.1, 0.15) is 5.56 Å². The highest BCUT2D eigenvalue weighted by Gasteiger charge is 2.23. The van der Waals surface area contributed by atoms with Gasteiger partial charge in [0.1, 0.15) is 6.61 Å². The first-order chi connectivity index (χ1) is 15.2. The molecule has 1 aliphatic heterocycles. The minimum atomic E-state index is -0.291. The van der Waals surface area contributed by atoms with Gasteiger partial charge in [-0.2, -0.15) is 0 Å². The van der Waals surface area contributed by atoms with Crippen molar-refractivity contribution in [1.82, 2.24) is 9.55 Å². The third-order valence-electron chi connectivity index (χ3n) is 5.04. The van der Waals surface area contributed by atoms with Crippen molar-refractivity contribution in [2.75, 3.05) is 6.61 Å². The zero-order valence-electron chi connectivity index (χ0n) is 16.5. The lowest BCUT2D eigenvalue weighted by atomic mass is 10.2. The molecule has 3 aromatic carbocycles. The molecule has 1 atom stereocenters. The van der Waals surface area contributed by atoms with Crippen LogP contribution in [0.4, 0.5) is 0 Å². The number of ether oxygens (including phenoxy) is 2. The molecule has 0 amide bonds. The van der Waals surface area contributed by atoms with E-state index >= 15 is 0 Å². The van der Waals surface area contributed by atoms with E-state index in [-0.39, 0.29) is 11.7 Å². The van der Waals surface area contributed by atoms with Crippen LogP contribution in [0.5, 0.6) is 11.5 Å². The van der Waals surface area contributed by atoms with Gasteiger partial charge in [-0.1, -0.05) is 59.8 Å². The van der Waals surface area contributed by atoms with E-state index in [0.717, 1.165) is 11.3 Å². The molecule has 2 heterocycles. The van der Waals surface area contributed by atoms with Crippen LogP contribution >= 0.6 is 23.4 Å². The molecule has 0 saturated carbocycles. The predicted octanol–water partition coefficient (Wildman–Crippen LogP) is 5.18. The quantitative estimate of drug-likeness (QED) is 0.309. The highest BCUT2D eigenvalue weighted by atomic mass is 35.5. The monoisotopic (exact) mass is 450 g/mol. The van der Waals surface area contributed by atoms with E-state index in [0.29, 0.717) is 45.7 Å². The molecule has 0 unspecified atom stereocenters. The summed E-state index contributed by atoms with van der Waals surface area (Å²) in [6.45, 7) is 0.720. The number of hydrogen-bond donors (Lipinski definition) is 0. The maximum Gasteiger partial charge on any atom is 0.262 e. The highest BCUT2D eigenvalue weighted by molar-refractivity contribution is 7.98. The fourth-order valence-electron chi connectivity index (χ4n) is 3.55. The Morgan fingerprint density at radius 1 is 1.03 bits per heavy atom. The zero-order chi connectivity index (χ0) is 21.2. The molecule has 156 valence electrons. The van der Waals surface area contributed by atoms with Crippen molar-refractivity contribution in [3.63, 3.8) is 0 Å². The van der Waals surface area contributed by atoms with Gasteiger partial charge in [0.05, 0.1) is 17.4 Å². The van der Waals surface area contributed by atoms with Crippen LogP contribution in [0.15, 0.2) is 82.7 Å². The Bertz CT molecular complexity index is 1310. The molecule has 0 spiro atoms. The number of benzene rings is 3. The molecule has 0 saturated heterocycles. The number of nitrogens with zero attached hydrogens (tertiary/aromatic N) is 2. The Balaban J connectivity index is 1.47. The fourth-order valence-corrected chi connectivity index (χ4v) is 4.71. The van der Waals surface area contributed by atoms with Crippen LogP contribution in [-0.4, -0.2) is 22.3 Å². The Morgan fingerprint density at radius 3 is 2.71 bits per heavy atom. The fraction of sp³-hybridized carbons (Fsp3) is 0.167. The van der Waals surface area contributed by atoms with Crippen LogP contribution in [0, 0.1) is 0 Å². The van der Waals surface area contributed by atoms with Crippen molar-refractivity contribution in [2.24, 2.45) is 0 Å². The molecule has 1 aliphatic rings. The maximum atomic E-state index is 13.3. The van der Waals surface area contributed by atoms with Gasteiger partial charge in [-0.3, -0.25) is 9.36 Å². The van der Waals surface area contributed by atoms with Gasteiger partial charge in [0.25, 0.3) is 5.56 Å². The summed E-state index contributed by atoms with van der Waals surface area (Å²) in [7, 11) is 0. The Labute approximate surface area is 188 Å². The van der Waals surface area contributed by atoms with Gasteiger partial charge >= 0.3 is 0 Å². The topological polar surface area (TPSA) is 53.4 Å². The van der Waals surface area contributed by atoms with Gasteiger partial charge in [0.15, 0.2) is 22.8 Å². The molecule has 5 nitrogen and oxygen atoms in total. The standard InChI is InChI=1S/C24H19ClN2O3S/c25-17-7-5-6-16(12-17)15-31-24-26-20-9-2-1-8-19(20)23(28)27(24)13-18-14-29-21-10-3-4-11-22(21)30-18/h1-12,18H,13-15H2/t18-/m0/s1. The van der Waals surface area contributed by atoms with Gasteiger partial charge < -0.3 is 9.47 Å². The Hall–Kier alpha value is -2.96. The number of aromatic nitrogens is 2. The molecule has 1 aromatic heterocycles. The minimum absolute atomic E-state index is 0.0818. The molecular weight excluding hydrogens is 432 g/mol. The molecule has 5 rings (SSSR count). The Morgan fingerprint density at radius 2 is 1.84 bits per heavy atom. The van der Waals surface area contributed by atoms with E-state index in [1.807, 2.05) is 66.7 Å². The molecule has 31 heavy (non-hydrogen) atoms. The van der Waals surface area contributed by atoms with Gasteiger partial charge in [0, 0.05) is 10.8 Å². The van der Waals surface area contributed by atoms with E-state index in [1.165, 1.54) is 11.8 Å². The van der Waals surface area contributed by atoms with Crippen LogP contribution < -0.4 is 15.0 Å². The van der Waals surface area contributed by atoms with Crippen LogP contribution in [-0.2, 0) is 12.3 Å². The summed E-state index contributed by atoms with van der Waals surface area (Å²) in [5, 5.41) is 1.92. The number of fused-ring (bicyclic) bond motifs is 2. The van der Waals surface area contributed by atoms with Crippen molar-refractivity contribution in [1.29, 1.82) is 0 Å². The lowest BCUT2D eigenvalue weighted by molar-refractivity contribution is 0.0757. The summed E-state index contributed by atoms with van der Waals surface area (Å²) in [4.78, 5) is 18.1. The average molecular weight is 451 g/mol. The normalized spacial score (nSPS) is 15.2. The summed E-state index contributed by atoms with van der Waals surface area (Å²) < 4.78 is 13.6. The molecule has 0 radical (unpaired) electrons. The SMILES string of the molecule is O=c1c2ccccc2nc(SCc2cccc(Cl)c2)n1C[C@H]1COc2ccccc2O1. The molecular formula is C24H19ClN2O3S. The number of rotatable bonds is 5. The lowest BCUT2D eigenvalue weighted by Gasteiger charge is -2.27. The van der Waals surface area contributed by atoms with E-state index < -0.39 is 0 Å². The van der Waals surface area contributed by atoms with E-state index in [1.54, 1.807) is 10.6 Å². The second-order valence-corrected chi connectivity index (χ2v) is 8.62. The Kier molecular flexibility index (Phi) is 5.57. The highest BCUT2D eigenvalue weighted by Crippen LogP contribution is 2.32. The molecule has 0 bridgehead atoms. The smallest absolute Gasteiger partial charge is 0.262 e. The summed E-state index contributed by atoms with van der Waals surface area (Å²) in [5.74, 6) is 2.06. The lowest BCUT2D eigenvalue weighted by Crippen LogP contribution is -2.37. The number of halogens is 1. The van der Waals surface area contributed by atoms with Crippen molar-refractivity contribution < 1.29 is 9.47 Å². The predicted molar refractivity (Wildman–Crippen MR) is 123 cm³/mol. The third-order valence-corrected chi connectivity index (χ3v) is 6.32. The molecule has 0 N–H and O–H groups in total. The van der Waals surface area contributed by atoms with E-state index in [2.05, 4.69) is 0 Å². The number of thioether (sulfide) groups is 1. The summed E-state index contributed by atoms with van der Waals surface area (Å²) in [6, 6.07) is 22.7. The molecule has 4 aromatic rings. The summed E-state index contributed by atoms with van der Waals surface area (Å²) in [5.41, 5.74) is 1.67. The average Bonchev–Trinajstić information content (AvgIpc) is 2.80. The van der Waals surface area contributed by atoms with Gasteiger partial charge in [-0.25, -0.2) is 4.98 Å². The van der Waals surface area contributed by atoms with E-state index in [4.69, 9.17) is 26.1 Å². The number of para-hydroxylation sites is 3. The first-order valence-corrected chi connectivity index (χ1v) is 11.3. The first-order valence-electron chi connectivity index (χ1n) is 9.93. The largest absolute Gasteiger partial charge is 0.486 e. The van der Waals surface area contributed by atoms with Crippen LogP contribution in [0.3, 0.4) is 0 Å². The first kappa shape index (κ1) is 20.0. The van der Waals surface area contributed by atoms with Gasteiger partial charge in [0.2, 0.25) is 0 Å². The second-order valence-electron chi connectivity index (χ2n) is 7.24. The van der Waals surface area contributed by atoms with Crippen molar-refractivity contribution in [3.05, 3.63) is 93.7 Å². The van der Waals surface area contributed by atoms with E-state index in [9.17, 15) is 4.79 Å². The third kappa shape index (κ3) is 4.27. The zero-order valence-corrected chi connectivity index (χ0v) is 18.1. The van der Waals surface area contributed by atoms with Crippen LogP contribution in [0.25, 0.3) is 10.9 Å². The summed E-state index contributed by atoms with van der Waals surface area (Å²) >= 11 is 7.63. The summed E-state index contributed by atoms with van der Waals surface area (Å²) in [6.07, 6.45) is -0.291. The van der Waals surface area contributed by atoms with Crippen LogP contribution in [0.2, 0.25) is 5.02 Å². The van der Waals surface area contributed by atoms with Gasteiger partial charge in [-0.15, -0.1) is 0 Å². The van der Waals surface area contributed by atoms with Crippen molar-refractivity contribution in [3.8, 4) is 11.5 Å². The van der Waals surface area contributed by atoms with Gasteiger partial charge in [-0.05, 0) is 42.0 Å². The molecule has 0 aliphatic carbocycles. The minimum Gasteiger partial charge on any atom is -0.486 e. The second kappa shape index (κ2) is 8.65. The van der Waals surface area contributed by atoms with Crippen molar-refractivity contribution in [2.45, 2.75) is 23.6 Å². The molecule has 7 heteroatoms. The number of hydrogen-bond acceptors (Lipinski definition) is 5. The maximum absolute atomic E-state index is 13.3.